The molecule has 2 amide bonds. The number of rotatable bonds is 5. The van der Waals surface area contributed by atoms with Crippen LogP contribution in [0.3, 0.4) is 0 Å². The second-order valence-corrected chi connectivity index (χ2v) is 4.32. The molecule has 0 unspecified atom stereocenters. The van der Waals surface area contributed by atoms with Gasteiger partial charge in [0.2, 0.25) is 11.8 Å². The van der Waals surface area contributed by atoms with Crippen LogP contribution in [0.4, 0.5) is 5.69 Å². The van der Waals surface area contributed by atoms with Crippen molar-refractivity contribution in [2.75, 3.05) is 11.9 Å². The van der Waals surface area contributed by atoms with Crippen LogP contribution in [0.1, 0.15) is 30.9 Å². The molecule has 0 aliphatic heterocycles. The molecule has 0 aromatic heterocycles. The molecule has 0 saturated heterocycles. The predicted octanol–water partition coefficient (Wildman–Crippen LogP) is 2.16. The van der Waals surface area contributed by atoms with Crippen molar-refractivity contribution in [1.29, 1.82) is 0 Å². The van der Waals surface area contributed by atoms with E-state index in [-0.39, 0.29) is 18.4 Å². The van der Waals surface area contributed by atoms with Gasteiger partial charge in [-0.2, -0.15) is 0 Å². The first-order chi connectivity index (χ1) is 8.54. The average Bonchev–Trinajstić information content (AvgIpc) is 2.33. The maximum Gasteiger partial charge on any atom is 0.243 e. The van der Waals surface area contributed by atoms with Gasteiger partial charge in [0.1, 0.15) is 0 Å². The number of amides is 2. The standard InChI is InChI=1S/C14H20N2O2/c1-4-6-13(17)15-9-14(18)16-12-8-5-7-10(2)11(12)3/h5,7-8H,4,6,9H2,1-3H3,(H,15,17)(H,16,18). The summed E-state index contributed by atoms with van der Waals surface area (Å²) in [7, 11) is 0. The summed E-state index contributed by atoms with van der Waals surface area (Å²) in [6.07, 6.45) is 1.24. The lowest BCUT2D eigenvalue weighted by atomic mass is 10.1. The largest absolute Gasteiger partial charge is 0.347 e. The number of carbonyl (C=O) groups is 2. The Balaban J connectivity index is 2.50. The van der Waals surface area contributed by atoms with Gasteiger partial charge in [-0.3, -0.25) is 9.59 Å². The van der Waals surface area contributed by atoms with E-state index in [0.29, 0.717) is 6.42 Å². The Morgan fingerprint density at radius 3 is 2.56 bits per heavy atom. The van der Waals surface area contributed by atoms with Crippen molar-refractivity contribution in [3.8, 4) is 0 Å². The van der Waals surface area contributed by atoms with Crippen LogP contribution in [0.15, 0.2) is 18.2 Å². The van der Waals surface area contributed by atoms with Crippen molar-refractivity contribution in [1.82, 2.24) is 5.32 Å². The summed E-state index contributed by atoms with van der Waals surface area (Å²) in [6.45, 7) is 5.90. The van der Waals surface area contributed by atoms with Crippen LogP contribution in [0.2, 0.25) is 0 Å². The molecule has 98 valence electrons. The minimum atomic E-state index is -0.201. The van der Waals surface area contributed by atoms with E-state index in [1.165, 1.54) is 0 Å². The SMILES string of the molecule is CCCC(=O)NCC(=O)Nc1cccc(C)c1C. The van der Waals surface area contributed by atoms with E-state index in [2.05, 4.69) is 10.6 Å². The second kappa shape index (κ2) is 6.79. The van der Waals surface area contributed by atoms with Gasteiger partial charge in [0, 0.05) is 12.1 Å². The maximum absolute atomic E-state index is 11.7. The fraction of sp³-hybridized carbons (Fsp3) is 0.429. The molecule has 0 saturated carbocycles. The van der Waals surface area contributed by atoms with E-state index < -0.39 is 0 Å². The highest BCUT2D eigenvalue weighted by molar-refractivity contribution is 5.95. The molecule has 0 aliphatic carbocycles. The zero-order chi connectivity index (χ0) is 13.5. The van der Waals surface area contributed by atoms with Gasteiger partial charge in [0.25, 0.3) is 0 Å². The lowest BCUT2D eigenvalue weighted by Gasteiger charge is -2.10. The Kier molecular flexibility index (Phi) is 5.36. The van der Waals surface area contributed by atoms with Crippen LogP contribution >= 0.6 is 0 Å². The quantitative estimate of drug-likeness (QED) is 0.839. The van der Waals surface area contributed by atoms with Gasteiger partial charge < -0.3 is 10.6 Å². The van der Waals surface area contributed by atoms with Gasteiger partial charge in [-0.05, 0) is 37.5 Å². The number of carbonyl (C=O) groups excluding carboxylic acids is 2. The van der Waals surface area contributed by atoms with Gasteiger partial charge in [-0.1, -0.05) is 19.1 Å². The van der Waals surface area contributed by atoms with Crippen LogP contribution < -0.4 is 10.6 Å². The van der Waals surface area contributed by atoms with Crippen LogP contribution in [0, 0.1) is 13.8 Å². The van der Waals surface area contributed by atoms with Gasteiger partial charge in [-0.15, -0.1) is 0 Å². The van der Waals surface area contributed by atoms with Crippen molar-refractivity contribution in [3.05, 3.63) is 29.3 Å². The summed E-state index contributed by atoms with van der Waals surface area (Å²) in [4.78, 5) is 22.9. The normalized spacial score (nSPS) is 9.94. The van der Waals surface area contributed by atoms with Crippen molar-refractivity contribution in [2.45, 2.75) is 33.6 Å². The molecule has 0 atom stereocenters. The Hall–Kier alpha value is -1.84. The van der Waals surface area contributed by atoms with E-state index >= 15 is 0 Å². The molecule has 1 aromatic rings. The number of aryl methyl sites for hydroxylation is 1. The molecular formula is C14H20N2O2. The molecule has 0 spiro atoms. The number of anilines is 1. The van der Waals surface area contributed by atoms with Crippen molar-refractivity contribution < 1.29 is 9.59 Å². The van der Waals surface area contributed by atoms with Crippen molar-refractivity contribution >= 4 is 17.5 Å². The van der Waals surface area contributed by atoms with Gasteiger partial charge in [0.15, 0.2) is 0 Å². The zero-order valence-corrected chi connectivity index (χ0v) is 11.2. The minimum Gasteiger partial charge on any atom is -0.347 e. The lowest BCUT2D eigenvalue weighted by Crippen LogP contribution is -2.32. The monoisotopic (exact) mass is 248 g/mol. The summed E-state index contributed by atoms with van der Waals surface area (Å²) >= 11 is 0. The topological polar surface area (TPSA) is 58.2 Å². The first-order valence-corrected chi connectivity index (χ1v) is 6.17. The number of nitrogens with one attached hydrogen (secondary N) is 2. The Bertz CT molecular complexity index is 441. The zero-order valence-electron chi connectivity index (χ0n) is 11.2. The average molecular weight is 248 g/mol. The molecule has 0 radical (unpaired) electrons. The first kappa shape index (κ1) is 14.2. The van der Waals surface area contributed by atoms with Crippen LogP contribution in [0.5, 0.6) is 0 Å². The third kappa shape index (κ3) is 4.20. The highest BCUT2D eigenvalue weighted by atomic mass is 16.2. The van der Waals surface area contributed by atoms with Gasteiger partial charge in [0.05, 0.1) is 6.54 Å². The minimum absolute atomic E-state index is 0.0201. The molecule has 18 heavy (non-hydrogen) atoms. The van der Waals surface area contributed by atoms with E-state index in [4.69, 9.17) is 0 Å². The highest BCUT2D eigenvalue weighted by Gasteiger charge is 2.07. The number of hydrogen-bond acceptors (Lipinski definition) is 2. The molecule has 0 heterocycles. The first-order valence-electron chi connectivity index (χ1n) is 6.17. The number of hydrogen-bond donors (Lipinski definition) is 2. The Labute approximate surface area is 108 Å². The van der Waals surface area contributed by atoms with Crippen LogP contribution in [0.25, 0.3) is 0 Å². The molecule has 4 heteroatoms. The summed E-state index contributed by atoms with van der Waals surface area (Å²) in [5.74, 6) is -0.290. The summed E-state index contributed by atoms with van der Waals surface area (Å²) in [5.41, 5.74) is 2.97. The van der Waals surface area contributed by atoms with E-state index in [1.54, 1.807) is 0 Å². The van der Waals surface area contributed by atoms with E-state index in [9.17, 15) is 9.59 Å². The van der Waals surface area contributed by atoms with Gasteiger partial charge >= 0.3 is 0 Å². The Morgan fingerprint density at radius 1 is 1.17 bits per heavy atom. The molecule has 1 aromatic carbocycles. The molecule has 0 fully saturated rings. The fourth-order valence-electron chi connectivity index (χ4n) is 1.58. The van der Waals surface area contributed by atoms with Crippen molar-refractivity contribution in [2.24, 2.45) is 0 Å². The number of benzene rings is 1. The third-order valence-corrected chi connectivity index (χ3v) is 2.80. The third-order valence-electron chi connectivity index (χ3n) is 2.80. The molecular weight excluding hydrogens is 228 g/mol. The second-order valence-electron chi connectivity index (χ2n) is 4.32. The van der Waals surface area contributed by atoms with Crippen molar-refractivity contribution in [3.63, 3.8) is 0 Å². The molecule has 4 nitrogen and oxygen atoms in total. The summed E-state index contributed by atoms with van der Waals surface area (Å²) in [6, 6.07) is 5.75. The molecule has 0 bridgehead atoms. The molecule has 1 rings (SSSR count). The Morgan fingerprint density at radius 2 is 1.89 bits per heavy atom. The van der Waals surface area contributed by atoms with Gasteiger partial charge in [-0.25, -0.2) is 0 Å². The van der Waals surface area contributed by atoms with E-state index in [0.717, 1.165) is 23.2 Å². The maximum atomic E-state index is 11.7. The summed E-state index contributed by atoms with van der Waals surface area (Å²) in [5, 5.41) is 5.38. The molecule has 0 aliphatic rings. The summed E-state index contributed by atoms with van der Waals surface area (Å²) < 4.78 is 0. The lowest BCUT2D eigenvalue weighted by molar-refractivity contribution is -0.124. The molecule has 2 N–H and O–H groups in total. The highest BCUT2D eigenvalue weighted by Crippen LogP contribution is 2.17. The fourth-order valence-corrected chi connectivity index (χ4v) is 1.58. The predicted molar refractivity (Wildman–Crippen MR) is 72.5 cm³/mol. The van der Waals surface area contributed by atoms with Crippen LogP contribution in [-0.4, -0.2) is 18.4 Å². The smallest absolute Gasteiger partial charge is 0.243 e. The van der Waals surface area contributed by atoms with Crippen LogP contribution in [-0.2, 0) is 9.59 Å². The van der Waals surface area contributed by atoms with E-state index in [1.807, 2.05) is 39.0 Å².